The number of hydrogen-bond donors (Lipinski definition) is 1. The zero-order chi connectivity index (χ0) is 12.8. The lowest BCUT2D eigenvalue weighted by Gasteiger charge is -2.02. The van der Waals surface area contributed by atoms with Crippen LogP contribution in [-0.2, 0) is 0 Å². The highest BCUT2D eigenvalue weighted by Crippen LogP contribution is 2.04. The van der Waals surface area contributed by atoms with Gasteiger partial charge in [-0.05, 0) is 62.0 Å². The minimum Gasteiger partial charge on any atom is -0.389 e. The van der Waals surface area contributed by atoms with Crippen LogP contribution < -0.4 is 0 Å². The molecule has 0 aliphatic rings. The first-order valence-electron chi connectivity index (χ1n) is 5.69. The van der Waals surface area contributed by atoms with Crippen molar-refractivity contribution < 1.29 is 5.11 Å². The van der Waals surface area contributed by atoms with Gasteiger partial charge in [0.15, 0.2) is 0 Å². The van der Waals surface area contributed by atoms with Crippen molar-refractivity contribution >= 4 is 0 Å². The van der Waals surface area contributed by atoms with Crippen LogP contribution in [0, 0.1) is 35.5 Å². The number of aliphatic hydroxyl groups excluding tert-OH is 1. The predicted octanol–water partition coefficient (Wildman–Crippen LogP) is 2.68. The van der Waals surface area contributed by atoms with Crippen LogP contribution in [0.3, 0.4) is 0 Å². The molecule has 1 N–H and O–H groups in total. The maximum atomic E-state index is 9.55. The van der Waals surface area contributed by atoms with Crippen molar-refractivity contribution in [3.63, 3.8) is 0 Å². The smallest absolute Gasteiger partial charge is 0.0730 e. The Labute approximate surface area is 105 Å². The van der Waals surface area contributed by atoms with Gasteiger partial charge < -0.3 is 5.11 Å². The number of hydrogen-bond acceptors (Lipinski definition) is 1. The SMILES string of the molecule is C=CCCCCC(O)C=CC#CC#CC#CC. The summed E-state index contributed by atoms with van der Waals surface area (Å²) >= 11 is 0. The zero-order valence-electron chi connectivity index (χ0n) is 10.3. The molecule has 1 nitrogen and oxygen atoms in total. The van der Waals surface area contributed by atoms with E-state index in [1.165, 1.54) is 0 Å². The Morgan fingerprint density at radius 3 is 2.65 bits per heavy atom. The maximum Gasteiger partial charge on any atom is 0.0730 e. The van der Waals surface area contributed by atoms with Gasteiger partial charge in [0.2, 0.25) is 0 Å². The second kappa shape index (κ2) is 12.2. The van der Waals surface area contributed by atoms with E-state index in [9.17, 15) is 5.11 Å². The van der Waals surface area contributed by atoms with Crippen molar-refractivity contribution in [2.45, 2.75) is 38.7 Å². The normalized spacial score (nSPS) is 10.2. The molecular weight excluding hydrogens is 208 g/mol. The van der Waals surface area contributed by atoms with Crippen LogP contribution in [0.25, 0.3) is 0 Å². The van der Waals surface area contributed by atoms with Gasteiger partial charge in [0.25, 0.3) is 0 Å². The van der Waals surface area contributed by atoms with Crippen molar-refractivity contribution in [2.75, 3.05) is 0 Å². The molecular formula is C16H18O. The van der Waals surface area contributed by atoms with Gasteiger partial charge >= 0.3 is 0 Å². The lowest BCUT2D eigenvalue weighted by molar-refractivity contribution is 0.208. The van der Waals surface area contributed by atoms with Crippen molar-refractivity contribution in [2.24, 2.45) is 0 Å². The molecule has 0 amide bonds. The average Bonchev–Trinajstić information content (AvgIpc) is 2.33. The minimum atomic E-state index is -0.419. The van der Waals surface area contributed by atoms with Crippen molar-refractivity contribution in [3.8, 4) is 35.5 Å². The van der Waals surface area contributed by atoms with Gasteiger partial charge in [0.1, 0.15) is 0 Å². The third kappa shape index (κ3) is 12.0. The Morgan fingerprint density at radius 1 is 1.18 bits per heavy atom. The van der Waals surface area contributed by atoms with Gasteiger partial charge in [-0.15, -0.1) is 6.58 Å². The van der Waals surface area contributed by atoms with E-state index >= 15 is 0 Å². The molecule has 17 heavy (non-hydrogen) atoms. The quantitative estimate of drug-likeness (QED) is 0.419. The van der Waals surface area contributed by atoms with Gasteiger partial charge in [0.05, 0.1) is 6.10 Å². The summed E-state index contributed by atoms with van der Waals surface area (Å²) in [5.41, 5.74) is 0. The largest absolute Gasteiger partial charge is 0.389 e. The van der Waals surface area contributed by atoms with E-state index in [1.54, 1.807) is 19.1 Å². The summed E-state index contributed by atoms with van der Waals surface area (Å²) in [6, 6.07) is 0. The Morgan fingerprint density at radius 2 is 1.94 bits per heavy atom. The minimum absolute atomic E-state index is 0.419. The summed E-state index contributed by atoms with van der Waals surface area (Å²) in [4.78, 5) is 0. The molecule has 0 radical (unpaired) electrons. The number of allylic oxidation sites excluding steroid dienone is 2. The summed E-state index contributed by atoms with van der Waals surface area (Å²) in [6.45, 7) is 5.38. The molecule has 0 saturated carbocycles. The molecule has 0 aliphatic heterocycles. The first-order chi connectivity index (χ1) is 8.31. The van der Waals surface area contributed by atoms with E-state index in [0.717, 1.165) is 25.7 Å². The third-order valence-corrected chi connectivity index (χ3v) is 1.94. The van der Waals surface area contributed by atoms with Crippen LogP contribution in [0.4, 0.5) is 0 Å². The van der Waals surface area contributed by atoms with Crippen LogP contribution in [0.2, 0.25) is 0 Å². The molecule has 0 aromatic rings. The van der Waals surface area contributed by atoms with E-state index in [4.69, 9.17) is 0 Å². The number of unbranched alkanes of at least 4 members (excludes halogenated alkanes) is 2. The predicted molar refractivity (Wildman–Crippen MR) is 72.8 cm³/mol. The summed E-state index contributed by atoms with van der Waals surface area (Å²) in [7, 11) is 0. The van der Waals surface area contributed by atoms with Crippen molar-refractivity contribution in [1.82, 2.24) is 0 Å². The van der Waals surface area contributed by atoms with E-state index in [-0.39, 0.29) is 0 Å². The van der Waals surface area contributed by atoms with Crippen LogP contribution in [0.5, 0.6) is 0 Å². The van der Waals surface area contributed by atoms with Gasteiger partial charge in [0, 0.05) is 0 Å². The maximum absolute atomic E-state index is 9.55. The van der Waals surface area contributed by atoms with Gasteiger partial charge in [-0.1, -0.05) is 24.3 Å². The van der Waals surface area contributed by atoms with Crippen LogP contribution in [-0.4, -0.2) is 11.2 Å². The Hall–Kier alpha value is -1.88. The van der Waals surface area contributed by atoms with Crippen molar-refractivity contribution in [1.29, 1.82) is 0 Å². The Balaban J connectivity index is 3.79. The summed E-state index contributed by atoms with van der Waals surface area (Å²) < 4.78 is 0. The molecule has 1 unspecified atom stereocenters. The molecule has 0 heterocycles. The first kappa shape index (κ1) is 15.1. The van der Waals surface area contributed by atoms with Gasteiger partial charge in [-0.3, -0.25) is 0 Å². The molecule has 1 heteroatoms. The summed E-state index contributed by atoms with van der Waals surface area (Å²) in [5, 5.41) is 9.55. The van der Waals surface area contributed by atoms with E-state index < -0.39 is 6.10 Å². The topological polar surface area (TPSA) is 20.2 Å². The van der Waals surface area contributed by atoms with E-state index in [2.05, 4.69) is 42.1 Å². The highest BCUT2D eigenvalue weighted by molar-refractivity contribution is 5.37. The Kier molecular flexibility index (Phi) is 10.8. The van der Waals surface area contributed by atoms with Crippen molar-refractivity contribution in [3.05, 3.63) is 24.8 Å². The lowest BCUT2D eigenvalue weighted by atomic mass is 10.1. The van der Waals surface area contributed by atoms with E-state index in [1.807, 2.05) is 6.08 Å². The molecule has 0 saturated heterocycles. The van der Waals surface area contributed by atoms with Crippen LogP contribution in [0.15, 0.2) is 24.8 Å². The van der Waals surface area contributed by atoms with Gasteiger partial charge in [-0.25, -0.2) is 0 Å². The Bertz CT molecular complexity index is 410. The standard InChI is InChI=1S/C16H18O/c1-3-5-7-9-10-11-13-15-16(17)14-12-8-6-4-2/h4,13,15-17H,2,6,8,12,14H2,1H3. The molecule has 0 aromatic heterocycles. The molecule has 0 aliphatic carbocycles. The monoisotopic (exact) mass is 226 g/mol. The second-order valence-electron chi connectivity index (χ2n) is 3.39. The fraction of sp³-hybridized carbons (Fsp3) is 0.375. The number of rotatable bonds is 6. The average molecular weight is 226 g/mol. The lowest BCUT2D eigenvalue weighted by Crippen LogP contribution is -2.00. The fourth-order valence-electron chi connectivity index (χ4n) is 1.10. The molecule has 0 rings (SSSR count). The molecule has 88 valence electrons. The summed E-state index contributed by atoms with van der Waals surface area (Å²) in [6.07, 6.45) is 8.63. The van der Waals surface area contributed by atoms with Crippen LogP contribution >= 0.6 is 0 Å². The molecule has 0 bridgehead atoms. The second-order valence-corrected chi connectivity index (χ2v) is 3.39. The molecule has 0 spiro atoms. The molecule has 0 aromatic carbocycles. The van der Waals surface area contributed by atoms with E-state index in [0.29, 0.717) is 0 Å². The fourth-order valence-corrected chi connectivity index (χ4v) is 1.10. The number of aliphatic hydroxyl groups is 1. The van der Waals surface area contributed by atoms with Crippen LogP contribution in [0.1, 0.15) is 32.6 Å². The highest BCUT2D eigenvalue weighted by Gasteiger charge is 1.96. The molecule has 1 atom stereocenters. The van der Waals surface area contributed by atoms with Gasteiger partial charge in [-0.2, -0.15) is 0 Å². The summed E-state index contributed by atoms with van der Waals surface area (Å²) in [5.74, 6) is 15.8. The molecule has 0 fully saturated rings. The third-order valence-electron chi connectivity index (χ3n) is 1.94. The first-order valence-corrected chi connectivity index (χ1v) is 5.69. The zero-order valence-corrected chi connectivity index (χ0v) is 10.3. The highest BCUT2D eigenvalue weighted by atomic mass is 16.3.